The van der Waals surface area contributed by atoms with Gasteiger partial charge in [-0.25, -0.2) is 4.79 Å². The monoisotopic (exact) mass is 411 g/mol. The van der Waals surface area contributed by atoms with Crippen molar-refractivity contribution in [1.29, 1.82) is 0 Å². The molecule has 4 rings (SSSR count). The molecule has 0 aliphatic carbocycles. The van der Waals surface area contributed by atoms with Gasteiger partial charge in [0.15, 0.2) is 6.61 Å². The Hall–Kier alpha value is -3.62. The molecule has 1 aromatic carbocycles. The Bertz CT molecular complexity index is 1050. The highest BCUT2D eigenvalue weighted by Gasteiger charge is 2.38. The standard InChI is InChI=1S/C21H21N3O6/c25-18(12-30-15-4-2-1-3-5-15)22-16-6-7-17-14-8-13(10-24(17)19(16)26)9-23(11-14)20(27)21(28)29/h1-7,13-14H,8-12H2,(H,22,25)(H,28,29). The van der Waals surface area contributed by atoms with Crippen LogP contribution in [0.4, 0.5) is 5.69 Å². The number of likely N-dealkylation sites (tertiary alicyclic amines) is 1. The number of rotatable bonds is 4. The summed E-state index contributed by atoms with van der Waals surface area (Å²) >= 11 is 0. The van der Waals surface area contributed by atoms with Crippen LogP contribution >= 0.6 is 0 Å². The predicted molar refractivity (Wildman–Crippen MR) is 106 cm³/mol. The molecule has 3 heterocycles. The maximum atomic E-state index is 12.9. The number of nitrogens with one attached hydrogen (secondary N) is 1. The molecule has 2 aliphatic rings. The first kappa shape index (κ1) is 19.7. The molecular weight excluding hydrogens is 390 g/mol. The normalized spacial score (nSPS) is 19.5. The summed E-state index contributed by atoms with van der Waals surface area (Å²) in [4.78, 5) is 49.3. The van der Waals surface area contributed by atoms with Crippen LogP contribution in [0.5, 0.6) is 5.75 Å². The number of pyridine rings is 1. The maximum absolute atomic E-state index is 12.9. The van der Waals surface area contributed by atoms with Gasteiger partial charge in [0.25, 0.3) is 11.5 Å². The van der Waals surface area contributed by atoms with Gasteiger partial charge in [0.1, 0.15) is 11.4 Å². The Morgan fingerprint density at radius 2 is 1.83 bits per heavy atom. The summed E-state index contributed by atoms with van der Waals surface area (Å²) < 4.78 is 7.02. The SMILES string of the molecule is O=C(COc1ccccc1)Nc1ccc2n(c1=O)CC1CC2CN(C(=O)C(=O)O)C1. The number of carboxylic acid groups (broad SMARTS) is 1. The lowest BCUT2D eigenvalue weighted by molar-refractivity contribution is -0.157. The molecule has 0 spiro atoms. The van der Waals surface area contributed by atoms with Crippen LogP contribution in [-0.2, 0) is 20.9 Å². The van der Waals surface area contributed by atoms with Gasteiger partial charge in [-0.05, 0) is 36.6 Å². The summed E-state index contributed by atoms with van der Waals surface area (Å²) in [5, 5.41) is 11.6. The first-order chi connectivity index (χ1) is 14.4. The van der Waals surface area contributed by atoms with Crippen LogP contribution in [0.3, 0.4) is 0 Å². The third-order valence-electron chi connectivity index (χ3n) is 5.46. The van der Waals surface area contributed by atoms with Crippen LogP contribution in [0.1, 0.15) is 18.0 Å². The minimum Gasteiger partial charge on any atom is -0.484 e. The average Bonchev–Trinajstić information content (AvgIpc) is 2.74. The molecule has 9 heteroatoms. The van der Waals surface area contributed by atoms with E-state index in [1.165, 1.54) is 4.90 Å². The van der Waals surface area contributed by atoms with Crippen molar-refractivity contribution >= 4 is 23.5 Å². The summed E-state index contributed by atoms with van der Waals surface area (Å²) in [6.45, 7) is 0.716. The first-order valence-corrected chi connectivity index (χ1v) is 9.66. The van der Waals surface area contributed by atoms with E-state index >= 15 is 0 Å². The van der Waals surface area contributed by atoms with Crippen molar-refractivity contribution in [2.75, 3.05) is 25.0 Å². The molecule has 2 amide bonds. The number of amides is 2. The van der Waals surface area contributed by atoms with Crippen molar-refractivity contribution in [3.05, 3.63) is 58.5 Å². The van der Waals surface area contributed by atoms with E-state index in [9.17, 15) is 19.2 Å². The smallest absolute Gasteiger partial charge is 0.394 e. The zero-order valence-corrected chi connectivity index (χ0v) is 16.1. The van der Waals surface area contributed by atoms with Gasteiger partial charge in [-0.15, -0.1) is 0 Å². The number of carboxylic acids is 1. The molecule has 2 unspecified atom stereocenters. The van der Waals surface area contributed by atoms with Gasteiger partial charge >= 0.3 is 11.9 Å². The van der Waals surface area contributed by atoms with E-state index in [1.807, 2.05) is 6.07 Å². The summed E-state index contributed by atoms with van der Waals surface area (Å²) in [7, 11) is 0. The fraction of sp³-hybridized carbons (Fsp3) is 0.333. The number of hydrogen-bond acceptors (Lipinski definition) is 5. The Morgan fingerprint density at radius 1 is 1.07 bits per heavy atom. The quantitative estimate of drug-likeness (QED) is 0.722. The Labute approximate surface area is 171 Å². The molecular formula is C21H21N3O6. The van der Waals surface area contributed by atoms with Crippen molar-refractivity contribution in [3.63, 3.8) is 0 Å². The predicted octanol–water partition coefficient (Wildman–Crippen LogP) is 0.896. The van der Waals surface area contributed by atoms with E-state index in [2.05, 4.69) is 5.32 Å². The minimum absolute atomic E-state index is 0.00962. The van der Waals surface area contributed by atoms with Crippen LogP contribution in [0.2, 0.25) is 0 Å². The van der Waals surface area contributed by atoms with Gasteiger partial charge in [0.05, 0.1) is 0 Å². The fourth-order valence-electron chi connectivity index (χ4n) is 4.19. The zero-order valence-electron chi connectivity index (χ0n) is 16.1. The van der Waals surface area contributed by atoms with Crippen molar-refractivity contribution in [2.45, 2.75) is 18.9 Å². The number of carbonyl (C=O) groups excluding carboxylic acids is 2. The minimum atomic E-state index is -1.47. The second-order valence-corrected chi connectivity index (χ2v) is 7.55. The van der Waals surface area contributed by atoms with E-state index in [0.717, 1.165) is 12.1 Å². The highest BCUT2D eigenvalue weighted by Crippen LogP contribution is 2.35. The lowest BCUT2D eigenvalue weighted by Gasteiger charge is -2.42. The molecule has 2 N–H and O–H groups in total. The maximum Gasteiger partial charge on any atom is 0.394 e. The van der Waals surface area contributed by atoms with E-state index < -0.39 is 17.8 Å². The molecule has 30 heavy (non-hydrogen) atoms. The average molecular weight is 411 g/mol. The van der Waals surface area contributed by atoms with Crippen LogP contribution in [0.25, 0.3) is 0 Å². The summed E-state index contributed by atoms with van der Waals surface area (Å²) in [5.41, 5.74) is 0.602. The van der Waals surface area contributed by atoms with Crippen molar-refractivity contribution < 1.29 is 24.2 Å². The van der Waals surface area contributed by atoms with Crippen molar-refractivity contribution in [3.8, 4) is 5.75 Å². The number of carbonyl (C=O) groups is 3. The van der Waals surface area contributed by atoms with Crippen molar-refractivity contribution in [2.24, 2.45) is 5.92 Å². The first-order valence-electron chi connectivity index (χ1n) is 9.66. The topological polar surface area (TPSA) is 118 Å². The van der Waals surface area contributed by atoms with Crippen LogP contribution in [0, 0.1) is 5.92 Å². The number of piperidine rings is 1. The number of benzene rings is 1. The number of nitrogens with zero attached hydrogens (tertiary/aromatic N) is 2. The third-order valence-corrected chi connectivity index (χ3v) is 5.46. The second-order valence-electron chi connectivity index (χ2n) is 7.55. The molecule has 2 aromatic rings. The molecule has 2 bridgehead atoms. The molecule has 2 atom stereocenters. The Morgan fingerprint density at radius 3 is 2.57 bits per heavy atom. The number of aliphatic carboxylic acids is 1. The summed E-state index contributed by atoms with van der Waals surface area (Å²) in [6, 6.07) is 12.2. The summed E-state index contributed by atoms with van der Waals surface area (Å²) in [6.07, 6.45) is 0.791. The number of hydrogen-bond donors (Lipinski definition) is 2. The van der Waals surface area contributed by atoms with E-state index in [0.29, 0.717) is 18.8 Å². The number of para-hydroxylation sites is 1. The molecule has 2 aliphatic heterocycles. The van der Waals surface area contributed by atoms with Gasteiger partial charge in [-0.3, -0.25) is 14.4 Å². The molecule has 156 valence electrons. The molecule has 0 radical (unpaired) electrons. The van der Waals surface area contributed by atoms with Gasteiger partial charge in [0, 0.05) is 31.2 Å². The number of ether oxygens (including phenoxy) is 1. The third kappa shape index (κ3) is 3.91. The van der Waals surface area contributed by atoms with Crippen molar-refractivity contribution in [1.82, 2.24) is 9.47 Å². The Balaban J connectivity index is 1.47. The van der Waals surface area contributed by atoms with Crippen LogP contribution < -0.4 is 15.6 Å². The lowest BCUT2D eigenvalue weighted by Crippen LogP contribution is -2.51. The van der Waals surface area contributed by atoms with Crippen LogP contribution in [-0.4, -0.2) is 52.1 Å². The zero-order chi connectivity index (χ0) is 21.3. The Kier molecular flexibility index (Phi) is 5.26. The highest BCUT2D eigenvalue weighted by molar-refractivity contribution is 6.31. The van der Waals surface area contributed by atoms with Gasteiger partial charge in [-0.1, -0.05) is 18.2 Å². The van der Waals surface area contributed by atoms with E-state index in [4.69, 9.17) is 9.84 Å². The van der Waals surface area contributed by atoms with Gasteiger partial charge < -0.3 is 24.6 Å². The largest absolute Gasteiger partial charge is 0.484 e. The summed E-state index contributed by atoms with van der Waals surface area (Å²) in [5.74, 6) is -2.39. The van der Waals surface area contributed by atoms with E-state index in [1.54, 1.807) is 41.0 Å². The fourth-order valence-corrected chi connectivity index (χ4v) is 4.19. The number of aromatic nitrogens is 1. The number of anilines is 1. The molecule has 1 aromatic heterocycles. The molecule has 1 fully saturated rings. The van der Waals surface area contributed by atoms with E-state index in [-0.39, 0.29) is 36.2 Å². The molecule has 0 saturated carbocycles. The van der Waals surface area contributed by atoms with Gasteiger partial charge in [-0.2, -0.15) is 0 Å². The van der Waals surface area contributed by atoms with Gasteiger partial charge in [0.2, 0.25) is 0 Å². The van der Waals surface area contributed by atoms with Crippen LogP contribution in [0.15, 0.2) is 47.3 Å². The molecule has 1 saturated heterocycles. The molecule has 9 nitrogen and oxygen atoms in total. The second kappa shape index (κ2) is 8.02. The number of fused-ring (bicyclic) bond motifs is 4. The highest BCUT2D eigenvalue weighted by atomic mass is 16.5. The lowest BCUT2D eigenvalue weighted by atomic mass is 9.83.